The molecule has 4 rings (SSSR count). The van der Waals surface area contributed by atoms with Gasteiger partial charge < -0.3 is 9.47 Å². The molecule has 1 saturated heterocycles. The molecule has 0 saturated carbocycles. The number of hydrogen-bond donors (Lipinski definition) is 0. The first-order chi connectivity index (χ1) is 13.1. The molecule has 0 atom stereocenters. The van der Waals surface area contributed by atoms with Crippen molar-refractivity contribution in [3.8, 4) is 17.2 Å². The van der Waals surface area contributed by atoms with Gasteiger partial charge >= 0.3 is 0 Å². The van der Waals surface area contributed by atoms with Crippen LogP contribution in [-0.2, 0) is 12.5 Å². The zero-order valence-electron chi connectivity index (χ0n) is 15.6. The number of pyridine rings is 1. The Morgan fingerprint density at radius 1 is 1.15 bits per heavy atom. The summed E-state index contributed by atoms with van der Waals surface area (Å²) in [5.74, 6) is 1.03. The molecule has 6 heteroatoms. The number of nitrogens with zero attached hydrogens (tertiary/aromatic N) is 6. The van der Waals surface area contributed by atoms with Crippen molar-refractivity contribution in [2.75, 3.05) is 18.0 Å². The monoisotopic (exact) mass is 358 g/mol. The molecule has 0 aliphatic carbocycles. The molecular weight excluding hydrogens is 336 g/mol. The van der Waals surface area contributed by atoms with Crippen LogP contribution in [0.1, 0.15) is 31.2 Å². The van der Waals surface area contributed by atoms with Crippen molar-refractivity contribution in [1.82, 2.24) is 19.7 Å². The summed E-state index contributed by atoms with van der Waals surface area (Å²) < 4.78 is 2.01. The number of rotatable bonds is 3. The smallest absolute Gasteiger partial charge is 0.138 e. The quantitative estimate of drug-likeness (QED) is 0.718. The van der Waals surface area contributed by atoms with Gasteiger partial charge in [-0.25, -0.2) is 0 Å². The Bertz CT molecular complexity index is 977. The molecule has 3 aromatic rings. The predicted molar refractivity (Wildman–Crippen MR) is 104 cm³/mol. The maximum atomic E-state index is 9.70. The maximum absolute atomic E-state index is 9.70. The molecule has 136 valence electrons. The molecule has 6 nitrogen and oxygen atoms in total. The number of piperidine rings is 1. The molecule has 0 radical (unpaired) electrons. The Hall–Kier alpha value is -3.20. The van der Waals surface area contributed by atoms with Crippen LogP contribution in [0.4, 0.5) is 5.69 Å². The van der Waals surface area contributed by atoms with Crippen LogP contribution in [-0.4, -0.2) is 32.8 Å². The minimum absolute atomic E-state index is 0.00218. The molecule has 0 bridgehead atoms. The van der Waals surface area contributed by atoms with Crippen LogP contribution in [0.5, 0.6) is 0 Å². The van der Waals surface area contributed by atoms with Crippen LogP contribution in [0.25, 0.3) is 11.1 Å². The molecule has 1 aromatic carbocycles. The summed E-state index contributed by atoms with van der Waals surface area (Å²) in [6.45, 7) is 4.00. The number of nitriles is 1. The van der Waals surface area contributed by atoms with Crippen molar-refractivity contribution in [2.24, 2.45) is 7.05 Å². The molecule has 27 heavy (non-hydrogen) atoms. The Morgan fingerprint density at radius 3 is 2.59 bits per heavy atom. The Balaban J connectivity index is 1.68. The molecular formula is C21H22N6. The van der Waals surface area contributed by atoms with E-state index in [1.807, 2.05) is 42.1 Å². The van der Waals surface area contributed by atoms with Crippen molar-refractivity contribution >= 4 is 5.69 Å². The third kappa shape index (κ3) is 3.06. The van der Waals surface area contributed by atoms with Crippen LogP contribution < -0.4 is 4.90 Å². The second-order valence-electron chi connectivity index (χ2n) is 7.37. The Labute approximate surface area is 159 Å². The molecule has 1 aliphatic heterocycles. The fourth-order valence-corrected chi connectivity index (χ4v) is 4.01. The summed E-state index contributed by atoms with van der Waals surface area (Å²) in [5, 5.41) is 18.1. The minimum atomic E-state index is -0.00218. The van der Waals surface area contributed by atoms with Crippen molar-refractivity contribution in [2.45, 2.75) is 25.2 Å². The Kier molecular flexibility index (Phi) is 4.36. The van der Waals surface area contributed by atoms with Crippen molar-refractivity contribution in [1.29, 1.82) is 5.26 Å². The van der Waals surface area contributed by atoms with E-state index < -0.39 is 0 Å². The van der Waals surface area contributed by atoms with Crippen LogP contribution in [0, 0.1) is 11.3 Å². The van der Waals surface area contributed by atoms with E-state index in [9.17, 15) is 5.26 Å². The largest absolute Gasteiger partial charge is 0.370 e. The summed E-state index contributed by atoms with van der Waals surface area (Å²) in [6.07, 6.45) is 7.31. The first-order valence-corrected chi connectivity index (χ1v) is 9.15. The summed E-state index contributed by atoms with van der Waals surface area (Å²) in [6, 6.07) is 12.3. The third-order valence-corrected chi connectivity index (χ3v) is 5.56. The van der Waals surface area contributed by atoms with Crippen molar-refractivity contribution in [3.05, 3.63) is 60.4 Å². The van der Waals surface area contributed by atoms with E-state index in [4.69, 9.17) is 0 Å². The first kappa shape index (κ1) is 17.2. The van der Waals surface area contributed by atoms with Crippen LogP contribution in [0.2, 0.25) is 0 Å². The normalized spacial score (nSPS) is 16.1. The van der Waals surface area contributed by atoms with Gasteiger partial charge in [-0.05, 0) is 25.0 Å². The molecule has 0 N–H and O–H groups in total. The average Bonchev–Trinajstić information content (AvgIpc) is 3.15. The fourth-order valence-electron chi connectivity index (χ4n) is 4.01. The van der Waals surface area contributed by atoms with E-state index in [0.29, 0.717) is 5.56 Å². The van der Waals surface area contributed by atoms with Gasteiger partial charge in [-0.3, -0.25) is 4.98 Å². The lowest BCUT2D eigenvalue weighted by Crippen LogP contribution is -2.42. The van der Waals surface area contributed by atoms with Gasteiger partial charge in [0.15, 0.2) is 0 Å². The third-order valence-electron chi connectivity index (χ3n) is 5.56. The lowest BCUT2D eigenvalue weighted by molar-refractivity contribution is 0.335. The number of anilines is 1. The van der Waals surface area contributed by atoms with Gasteiger partial charge in [-0.15, -0.1) is 10.2 Å². The van der Waals surface area contributed by atoms with Crippen LogP contribution in [0.15, 0.2) is 49.1 Å². The highest BCUT2D eigenvalue weighted by Crippen LogP contribution is 2.39. The molecule has 1 aliphatic rings. The minimum Gasteiger partial charge on any atom is -0.370 e. The van der Waals surface area contributed by atoms with Gasteiger partial charge in [0.2, 0.25) is 0 Å². The average molecular weight is 358 g/mol. The number of aromatic nitrogens is 4. The van der Waals surface area contributed by atoms with E-state index in [1.165, 1.54) is 0 Å². The first-order valence-electron chi connectivity index (χ1n) is 9.15. The molecule has 0 spiro atoms. The number of hydrogen-bond acceptors (Lipinski definition) is 5. The van der Waals surface area contributed by atoms with E-state index in [1.54, 1.807) is 12.5 Å². The highest BCUT2D eigenvalue weighted by Gasteiger charge is 2.36. The maximum Gasteiger partial charge on any atom is 0.138 e. The highest BCUT2D eigenvalue weighted by atomic mass is 15.3. The van der Waals surface area contributed by atoms with Crippen molar-refractivity contribution in [3.63, 3.8) is 0 Å². The van der Waals surface area contributed by atoms with E-state index in [2.05, 4.69) is 39.1 Å². The van der Waals surface area contributed by atoms with Crippen LogP contribution in [0.3, 0.4) is 0 Å². The van der Waals surface area contributed by atoms with Gasteiger partial charge in [0, 0.05) is 49.1 Å². The molecule has 3 heterocycles. The lowest BCUT2D eigenvalue weighted by Gasteiger charge is -2.40. The summed E-state index contributed by atoms with van der Waals surface area (Å²) in [4.78, 5) is 6.58. The van der Waals surface area contributed by atoms with Gasteiger partial charge in [-0.1, -0.05) is 25.1 Å². The van der Waals surface area contributed by atoms with Crippen molar-refractivity contribution < 1.29 is 0 Å². The number of aryl methyl sites for hydroxylation is 1. The van der Waals surface area contributed by atoms with Crippen LogP contribution >= 0.6 is 0 Å². The predicted octanol–water partition coefficient (Wildman–Crippen LogP) is 3.31. The zero-order valence-corrected chi connectivity index (χ0v) is 15.6. The standard InChI is InChI=1S/C21H22N6/c1-21(20-25-24-15-26(20)2)8-11-27(12-9-21)19-16(13-22)5-3-7-18(19)17-6-4-10-23-14-17/h3-7,10,14-15H,8-9,11-12H2,1-2H3. The SMILES string of the molecule is Cn1cnnc1C1(C)CCN(c2c(C#N)cccc2-c2cccnc2)CC1. The molecule has 0 amide bonds. The second-order valence-corrected chi connectivity index (χ2v) is 7.37. The summed E-state index contributed by atoms with van der Waals surface area (Å²) in [7, 11) is 2.00. The van der Waals surface area contributed by atoms with Gasteiger partial charge in [0.25, 0.3) is 0 Å². The van der Waals surface area contributed by atoms with Gasteiger partial charge in [0.05, 0.1) is 11.3 Å². The summed E-state index contributed by atoms with van der Waals surface area (Å²) in [5.41, 5.74) is 3.81. The number of para-hydroxylation sites is 1. The van der Waals surface area contributed by atoms with Gasteiger partial charge in [-0.2, -0.15) is 5.26 Å². The summed E-state index contributed by atoms with van der Waals surface area (Å²) >= 11 is 0. The molecule has 1 fully saturated rings. The lowest BCUT2D eigenvalue weighted by atomic mass is 9.79. The highest BCUT2D eigenvalue weighted by molar-refractivity contribution is 5.82. The van der Waals surface area contributed by atoms with Gasteiger partial charge in [0.1, 0.15) is 18.2 Å². The molecule has 0 unspecified atom stereocenters. The van der Waals surface area contributed by atoms with E-state index in [0.717, 1.165) is 48.6 Å². The van der Waals surface area contributed by atoms with E-state index >= 15 is 0 Å². The fraction of sp³-hybridized carbons (Fsp3) is 0.333. The topological polar surface area (TPSA) is 70.6 Å². The second kappa shape index (κ2) is 6.84. The molecule has 2 aromatic heterocycles. The Morgan fingerprint density at radius 2 is 1.96 bits per heavy atom. The van der Waals surface area contributed by atoms with E-state index in [-0.39, 0.29) is 5.41 Å². The number of benzene rings is 1. The zero-order chi connectivity index (χ0) is 18.9.